The van der Waals surface area contributed by atoms with Crippen LogP contribution in [0, 0.1) is 6.92 Å². The van der Waals surface area contributed by atoms with Crippen molar-refractivity contribution in [3.8, 4) is 0 Å². The average molecular weight is 446 g/mol. The summed E-state index contributed by atoms with van der Waals surface area (Å²) in [4.78, 5) is 35.0. The Hall–Kier alpha value is -3.45. The van der Waals surface area contributed by atoms with Gasteiger partial charge in [-0.05, 0) is 18.1 Å². The molecule has 4 rings (SSSR count). The van der Waals surface area contributed by atoms with Crippen molar-refractivity contribution in [3.63, 3.8) is 0 Å². The predicted molar refractivity (Wildman–Crippen MR) is 128 cm³/mol. The van der Waals surface area contributed by atoms with Crippen LogP contribution in [0.1, 0.15) is 35.0 Å². The lowest BCUT2D eigenvalue weighted by Crippen LogP contribution is -2.57. The number of hydrogen-bond acceptors (Lipinski definition) is 4. The number of nitrogens with zero attached hydrogens (tertiary/aromatic N) is 2. The Morgan fingerprint density at radius 1 is 1.12 bits per heavy atom. The largest absolute Gasteiger partial charge is 0.356 e. The summed E-state index contributed by atoms with van der Waals surface area (Å²) in [6.07, 6.45) is 2.54. The second-order valence-electron chi connectivity index (χ2n) is 8.49. The third-order valence-electron chi connectivity index (χ3n) is 6.08. The van der Waals surface area contributed by atoms with Crippen LogP contribution in [0.3, 0.4) is 0 Å². The molecule has 0 aliphatic carbocycles. The molecular formula is C26H31N5O2. The van der Waals surface area contributed by atoms with E-state index in [4.69, 9.17) is 0 Å². The smallest absolute Gasteiger partial charge is 0.237 e. The number of carbonyl (C=O) groups excluding carboxylic acids is 2. The summed E-state index contributed by atoms with van der Waals surface area (Å²) >= 11 is 0. The van der Waals surface area contributed by atoms with Crippen molar-refractivity contribution in [3.05, 3.63) is 89.5 Å². The van der Waals surface area contributed by atoms with Crippen LogP contribution in [0.25, 0.3) is 0 Å². The second kappa shape index (κ2) is 10.9. The van der Waals surface area contributed by atoms with Crippen LogP contribution >= 0.6 is 0 Å². The number of carbonyl (C=O) groups is 2. The molecule has 0 unspecified atom stereocenters. The van der Waals surface area contributed by atoms with Gasteiger partial charge in [0.1, 0.15) is 5.82 Å². The molecule has 1 atom stereocenters. The number of amides is 2. The molecule has 1 aromatic heterocycles. The molecule has 1 fully saturated rings. The molecule has 2 amide bonds. The Labute approximate surface area is 194 Å². The zero-order chi connectivity index (χ0) is 23.0. The number of aromatic nitrogens is 2. The zero-order valence-electron chi connectivity index (χ0n) is 19.0. The Morgan fingerprint density at radius 2 is 1.79 bits per heavy atom. The minimum Gasteiger partial charge on any atom is -0.356 e. The summed E-state index contributed by atoms with van der Waals surface area (Å²) in [5.74, 6) is 0.753. The van der Waals surface area contributed by atoms with Gasteiger partial charge in [-0.2, -0.15) is 0 Å². The number of H-pyrrole nitrogens is 1. The van der Waals surface area contributed by atoms with Crippen LogP contribution in [-0.4, -0.2) is 58.9 Å². The number of piperazine rings is 1. The highest BCUT2D eigenvalue weighted by Gasteiger charge is 2.33. The van der Waals surface area contributed by atoms with Crippen LogP contribution in [0.5, 0.6) is 0 Å². The van der Waals surface area contributed by atoms with Gasteiger partial charge in [-0.1, -0.05) is 60.7 Å². The first-order valence-electron chi connectivity index (χ1n) is 11.5. The van der Waals surface area contributed by atoms with Gasteiger partial charge < -0.3 is 15.6 Å². The lowest BCUT2D eigenvalue weighted by atomic mass is 9.90. The van der Waals surface area contributed by atoms with Gasteiger partial charge in [0.2, 0.25) is 11.8 Å². The summed E-state index contributed by atoms with van der Waals surface area (Å²) in [6, 6.07) is 20.2. The van der Waals surface area contributed by atoms with Crippen molar-refractivity contribution in [2.75, 3.05) is 26.2 Å². The van der Waals surface area contributed by atoms with Crippen molar-refractivity contribution in [1.82, 2.24) is 25.5 Å². The average Bonchev–Trinajstić information content (AvgIpc) is 3.25. The van der Waals surface area contributed by atoms with Crippen molar-refractivity contribution in [1.29, 1.82) is 0 Å². The number of nitrogens with one attached hydrogen (secondary N) is 3. The Kier molecular flexibility index (Phi) is 7.52. The first kappa shape index (κ1) is 22.7. The Morgan fingerprint density at radius 3 is 2.39 bits per heavy atom. The number of aromatic amines is 1. The Balaban J connectivity index is 1.43. The predicted octanol–water partition coefficient (Wildman–Crippen LogP) is 2.40. The number of aryl methyl sites for hydroxylation is 1. The van der Waals surface area contributed by atoms with Gasteiger partial charge in [0.25, 0.3) is 0 Å². The summed E-state index contributed by atoms with van der Waals surface area (Å²) in [5.41, 5.74) is 3.40. The van der Waals surface area contributed by atoms with Gasteiger partial charge in [0, 0.05) is 50.4 Å². The molecule has 0 saturated carbocycles. The van der Waals surface area contributed by atoms with E-state index in [0.29, 0.717) is 32.6 Å². The van der Waals surface area contributed by atoms with Gasteiger partial charge in [-0.3, -0.25) is 14.5 Å². The van der Waals surface area contributed by atoms with Crippen molar-refractivity contribution in [2.24, 2.45) is 0 Å². The lowest BCUT2D eigenvalue weighted by Gasteiger charge is -2.37. The quantitative estimate of drug-likeness (QED) is 0.472. The molecule has 172 valence electrons. The molecule has 0 spiro atoms. The van der Waals surface area contributed by atoms with Gasteiger partial charge in [-0.25, -0.2) is 4.98 Å². The van der Waals surface area contributed by atoms with E-state index in [1.807, 2.05) is 43.3 Å². The minimum atomic E-state index is -0.487. The molecule has 0 radical (unpaired) electrons. The fourth-order valence-electron chi connectivity index (χ4n) is 4.37. The van der Waals surface area contributed by atoms with Crippen molar-refractivity contribution >= 4 is 11.8 Å². The van der Waals surface area contributed by atoms with Gasteiger partial charge >= 0.3 is 0 Å². The van der Waals surface area contributed by atoms with E-state index in [2.05, 4.69) is 49.8 Å². The van der Waals surface area contributed by atoms with Crippen LogP contribution in [-0.2, 0) is 16.0 Å². The minimum absolute atomic E-state index is 0.0852. The van der Waals surface area contributed by atoms with E-state index in [-0.39, 0.29) is 24.2 Å². The van der Waals surface area contributed by atoms with Gasteiger partial charge in [0.05, 0.1) is 12.5 Å². The van der Waals surface area contributed by atoms with E-state index in [9.17, 15) is 9.59 Å². The highest BCUT2D eigenvalue weighted by atomic mass is 16.2. The molecular weight excluding hydrogens is 414 g/mol. The molecule has 7 nitrogen and oxygen atoms in total. The molecule has 2 heterocycles. The summed E-state index contributed by atoms with van der Waals surface area (Å²) in [5, 5.41) is 5.87. The summed E-state index contributed by atoms with van der Waals surface area (Å²) in [7, 11) is 0. The molecule has 0 bridgehead atoms. The third kappa shape index (κ3) is 6.08. The molecule has 33 heavy (non-hydrogen) atoms. The number of imidazole rings is 1. The van der Waals surface area contributed by atoms with Gasteiger partial charge in [-0.15, -0.1) is 0 Å². The highest BCUT2D eigenvalue weighted by molar-refractivity contribution is 5.88. The standard InChI is InChI=1S/C26H31N5O2/c1-19-17-29-24(30-19)12-13-27-25(32)16-23-26(33)28-14-15-31(23)18-22(20-8-4-2-5-9-20)21-10-6-3-7-11-21/h2-11,17,22-23H,12-16,18H2,1H3,(H,27,32)(H,28,33)(H,29,30)/t23-/m0/s1. The maximum atomic E-state index is 12.7. The maximum absolute atomic E-state index is 12.7. The first-order valence-corrected chi connectivity index (χ1v) is 11.5. The Bertz CT molecular complexity index is 1010. The second-order valence-corrected chi connectivity index (χ2v) is 8.49. The monoisotopic (exact) mass is 445 g/mol. The van der Waals surface area contributed by atoms with E-state index in [0.717, 1.165) is 11.5 Å². The van der Waals surface area contributed by atoms with E-state index in [1.54, 1.807) is 6.20 Å². The molecule has 7 heteroatoms. The summed E-state index contributed by atoms with van der Waals surface area (Å²) < 4.78 is 0. The third-order valence-corrected chi connectivity index (χ3v) is 6.08. The van der Waals surface area contributed by atoms with Gasteiger partial charge in [0.15, 0.2) is 0 Å². The maximum Gasteiger partial charge on any atom is 0.237 e. The normalized spacial score (nSPS) is 16.5. The molecule has 1 aliphatic rings. The van der Waals surface area contributed by atoms with Crippen LogP contribution in [0.15, 0.2) is 66.9 Å². The van der Waals surface area contributed by atoms with E-state index >= 15 is 0 Å². The number of hydrogen-bond donors (Lipinski definition) is 3. The first-order chi connectivity index (χ1) is 16.1. The van der Waals surface area contributed by atoms with Crippen molar-refractivity contribution < 1.29 is 9.59 Å². The molecule has 1 aliphatic heterocycles. The SMILES string of the molecule is Cc1cnc(CCNC(=O)C[C@H]2C(=O)NCCN2CC(c2ccccc2)c2ccccc2)[nH]1. The number of benzene rings is 2. The fraction of sp³-hybridized carbons (Fsp3) is 0.346. The van der Waals surface area contributed by atoms with Crippen LogP contribution in [0.4, 0.5) is 0 Å². The van der Waals surface area contributed by atoms with Crippen molar-refractivity contribution in [2.45, 2.75) is 31.7 Å². The lowest BCUT2D eigenvalue weighted by molar-refractivity contribution is -0.134. The zero-order valence-corrected chi connectivity index (χ0v) is 19.0. The van der Waals surface area contributed by atoms with Crippen LogP contribution in [0.2, 0.25) is 0 Å². The molecule has 2 aromatic carbocycles. The van der Waals surface area contributed by atoms with Crippen LogP contribution < -0.4 is 10.6 Å². The molecule has 1 saturated heterocycles. The highest BCUT2D eigenvalue weighted by Crippen LogP contribution is 2.27. The topological polar surface area (TPSA) is 90.1 Å². The fourth-order valence-corrected chi connectivity index (χ4v) is 4.37. The van der Waals surface area contributed by atoms with E-state index in [1.165, 1.54) is 11.1 Å². The molecule has 3 aromatic rings. The summed E-state index contributed by atoms with van der Waals surface area (Å²) in [6.45, 7) is 4.40. The van der Waals surface area contributed by atoms with E-state index < -0.39 is 6.04 Å². The molecule has 3 N–H and O–H groups in total. The number of rotatable bonds is 9.